The molecule has 1 aliphatic rings. The van der Waals surface area contributed by atoms with E-state index in [0.717, 1.165) is 17.7 Å². The molecule has 6 nitrogen and oxygen atoms in total. The summed E-state index contributed by atoms with van der Waals surface area (Å²) in [6, 6.07) is 7.69. The van der Waals surface area contributed by atoms with Gasteiger partial charge in [0.15, 0.2) is 0 Å². The predicted molar refractivity (Wildman–Crippen MR) is 121 cm³/mol. The Kier molecular flexibility index (Phi) is 11.6. The highest BCUT2D eigenvalue weighted by Gasteiger charge is 2.23. The molecule has 1 heterocycles. The van der Waals surface area contributed by atoms with Crippen molar-refractivity contribution in [3.8, 4) is 5.75 Å². The molecule has 0 bridgehead atoms. The summed E-state index contributed by atoms with van der Waals surface area (Å²) < 4.78 is 27.8. The van der Waals surface area contributed by atoms with Gasteiger partial charge in [-0.3, -0.25) is 0 Å². The normalized spacial score (nSPS) is 19.6. The SMILES string of the molecule is C=CC[C@H](C[C@H](O)[C@H](/C=C/[C@@H]1CC(C)=CCO1)OCc1ccc(OC)cc1)OCOC. The van der Waals surface area contributed by atoms with Crippen LogP contribution in [-0.2, 0) is 25.6 Å². The molecule has 1 aromatic rings. The van der Waals surface area contributed by atoms with Crippen molar-refractivity contribution in [1.29, 1.82) is 0 Å². The Labute approximate surface area is 186 Å². The maximum absolute atomic E-state index is 10.9. The van der Waals surface area contributed by atoms with Gasteiger partial charge < -0.3 is 28.8 Å². The van der Waals surface area contributed by atoms with Gasteiger partial charge in [0.2, 0.25) is 0 Å². The first-order valence-electron chi connectivity index (χ1n) is 10.6. The fourth-order valence-corrected chi connectivity index (χ4v) is 3.33. The molecule has 1 N–H and O–H groups in total. The van der Waals surface area contributed by atoms with E-state index >= 15 is 0 Å². The van der Waals surface area contributed by atoms with Gasteiger partial charge in [0.25, 0.3) is 0 Å². The number of benzene rings is 1. The van der Waals surface area contributed by atoms with Crippen LogP contribution in [-0.4, -0.2) is 57.1 Å². The average Bonchev–Trinajstić information content (AvgIpc) is 2.78. The summed E-state index contributed by atoms with van der Waals surface area (Å²) in [5, 5.41) is 10.9. The average molecular weight is 433 g/mol. The van der Waals surface area contributed by atoms with Crippen LogP contribution < -0.4 is 4.74 Å². The first-order valence-corrected chi connectivity index (χ1v) is 10.6. The van der Waals surface area contributed by atoms with Crippen LogP contribution in [0.4, 0.5) is 0 Å². The summed E-state index contributed by atoms with van der Waals surface area (Å²) in [5.74, 6) is 0.792. The van der Waals surface area contributed by atoms with Crippen molar-refractivity contribution in [1.82, 2.24) is 0 Å². The molecule has 0 saturated carbocycles. The van der Waals surface area contributed by atoms with Crippen molar-refractivity contribution in [2.24, 2.45) is 0 Å². The molecule has 4 atom stereocenters. The van der Waals surface area contributed by atoms with Crippen LogP contribution in [0.2, 0.25) is 0 Å². The standard InChI is InChI=1S/C25H36O6/c1-5-6-22(31-18-27-3)16-24(26)25(12-11-23-15-19(2)13-14-29-23)30-17-20-7-9-21(28-4)10-8-20/h5,7-13,22-26H,1,6,14-18H2,2-4H3/b12-11+/t22-,23-,24+,25+/m1/s1. The van der Waals surface area contributed by atoms with Crippen LogP contribution in [0.3, 0.4) is 0 Å². The van der Waals surface area contributed by atoms with Crippen molar-refractivity contribution in [2.75, 3.05) is 27.6 Å². The number of hydrogen-bond acceptors (Lipinski definition) is 6. The molecule has 0 aliphatic carbocycles. The minimum absolute atomic E-state index is 0.0157. The number of rotatable bonds is 14. The van der Waals surface area contributed by atoms with Gasteiger partial charge in [0, 0.05) is 13.5 Å². The van der Waals surface area contributed by atoms with E-state index in [-0.39, 0.29) is 19.0 Å². The van der Waals surface area contributed by atoms with Crippen molar-refractivity contribution in [3.05, 3.63) is 66.3 Å². The number of aliphatic hydroxyl groups is 1. The van der Waals surface area contributed by atoms with Gasteiger partial charge in [-0.1, -0.05) is 42.0 Å². The van der Waals surface area contributed by atoms with Crippen molar-refractivity contribution >= 4 is 0 Å². The monoisotopic (exact) mass is 432 g/mol. The Morgan fingerprint density at radius 2 is 2.00 bits per heavy atom. The topological polar surface area (TPSA) is 66.4 Å². The van der Waals surface area contributed by atoms with Gasteiger partial charge in [-0.15, -0.1) is 6.58 Å². The van der Waals surface area contributed by atoms with Gasteiger partial charge in [-0.2, -0.15) is 0 Å². The molecule has 0 unspecified atom stereocenters. The van der Waals surface area contributed by atoms with Gasteiger partial charge >= 0.3 is 0 Å². The molecule has 172 valence electrons. The Hall–Kier alpha value is -1.96. The second kappa shape index (κ2) is 14.2. The van der Waals surface area contributed by atoms with E-state index in [2.05, 4.69) is 19.6 Å². The molecule has 0 aromatic heterocycles. The molecule has 31 heavy (non-hydrogen) atoms. The van der Waals surface area contributed by atoms with Crippen LogP contribution in [0.25, 0.3) is 0 Å². The molecule has 6 heteroatoms. The van der Waals surface area contributed by atoms with Crippen molar-refractivity contribution in [3.63, 3.8) is 0 Å². The largest absolute Gasteiger partial charge is 0.497 e. The zero-order valence-corrected chi connectivity index (χ0v) is 18.9. The lowest BCUT2D eigenvalue weighted by Crippen LogP contribution is -2.32. The maximum atomic E-state index is 10.9. The van der Waals surface area contributed by atoms with Gasteiger partial charge in [-0.05, 0) is 37.5 Å². The molecule has 0 radical (unpaired) electrons. The third kappa shape index (κ3) is 9.37. The minimum atomic E-state index is -0.753. The van der Waals surface area contributed by atoms with E-state index in [1.165, 1.54) is 5.57 Å². The zero-order chi connectivity index (χ0) is 22.5. The molecule has 2 rings (SSSR count). The summed E-state index contributed by atoms with van der Waals surface area (Å²) in [5.41, 5.74) is 2.30. The molecule has 1 aliphatic heterocycles. The fraction of sp³-hybridized carbons (Fsp3) is 0.520. The molecule has 0 saturated heterocycles. The van der Waals surface area contributed by atoms with Crippen LogP contribution in [0, 0.1) is 0 Å². The highest BCUT2D eigenvalue weighted by molar-refractivity contribution is 5.26. The first-order chi connectivity index (χ1) is 15.0. The summed E-state index contributed by atoms with van der Waals surface area (Å²) >= 11 is 0. The molecule has 0 amide bonds. The molecular formula is C25H36O6. The molecule has 1 aromatic carbocycles. The Morgan fingerprint density at radius 3 is 2.65 bits per heavy atom. The minimum Gasteiger partial charge on any atom is -0.497 e. The summed E-state index contributed by atoms with van der Waals surface area (Å²) in [6.45, 7) is 7.01. The van der Waals surface area contributed by atoms with Crippen LogP contribution in [0.1, 0.15) is 31.7 Å². The third-order valence-electron chi connectivity index (χ3n) is 5.12. The molecule has 0 fully saturated rings. The number of ether oxygens (including phenoxy) is 5. The third-order valence-corrected chi connectivity index (χ3v) is 5.12. The van der Waals surface area contributed by atoms with Gasteiger partial charge in [-0.25, -0.2) is 0 Å². The van der Waals surface area contributed by atoms with Gasteiger partial charge in [0.1, 0.15) is 18.6 Å². The summed E-state index contributed by atoms with van der Waals surface area (Å²) in [7, 11) is 3.21. The second-order valence-electron chi connectivity index (χ2n) is 7.66. The molecule has 0 spiro atoms. The van der Waals surface area contributed by atoms with Crippen LogP contribution >= 0.6 is 0 Å². The van der Waals surface area contributed by atoms with E-state index in [4.69, 9.17) is 23.7 Å². The summed E-state index contributed by atoms with van der Waals surface area (Å²) in [6.07, 6.45) is 8.13. The zero-order valence-electron chi connectivity index (χ0n) is 18.9. The second-order valence-corrected chi connectivity index (χ2v) is 7.66. The fourth-order valence-electron chi connectivity index (χ4n) is 3.33. The predicted octanol–water partition coefficient (Wildman–Crippen LogP) is 4.19. The smallest absolute Gasteiger partial charge is 0.146 e. The Bertz CT molecular complexity index is 696. The Balaban J connectivity index is 2.05. The maximum Gasteiger partial charge on any atom is 0.146 e. The molecular weight excluding hydrogens is 396 g/mol. The van der Waals surface area contributed by atoms with E-state index in [1.807, 2.05) is 36.4 Å². The number of aliphatic hydroxyl groups excluding tert-OH is 1. The van der Waals surface area contributed by atoms with Crippen molar-refractivity contribution < 1.29 is 28.8 Å². The number of methoxy groups -OCH3 is 2. The number of hydrogen-bond donors (Lipinski definition) is 1. The van der Waals surface area contributed by atoms with Gasteiger partial charge in [0.05, 0.1) is 38.6 Å². The van der Waals surface area contributed by atoms with E-state index in [1.54, 1.807) is 20.3 Å². The highest BCUT2D eigenvalue weighted by atomic mass is 16.7. The Morgan fingerprint density at radius 1 is 1.23 bits per heavy atom. The highest BCUT2D eigenvalue weighted by Crippen LogP contribution is 2.20. The lowest BCUT2D eigenvalue weighted by molar-refractivity contribution is -0.0975. The van der Waals surface area contributed by atoms with E-state index < -0.39 is 12.2 Å². The lowest BCUT2D eigenvalue weighted by Gasteiger charge is -2.26. The van der Waals surface area contributed by atoms with Crippen molar-refractivity contribution in [2.45, 2.75) is 57.2 Å². The van der Waals surface area contributed by atoms with Crippen LogP contribution in [0.5, 0.6) is 5.75 Å². The van der Waals surface area contributed by atoms with Crippen LogP contribution in [0.15, 0.2) is 60.7 Å². The summed E-state index contributed by atoms with van der Waals surface area (Å²) in [4.78, 5) is 0. The first kappa shape index (κ1) is 25.3. The van der Waals surface area contributed by atoms with E-state index in [0.29, 0.717) is 26.1 Å². The lowest BCUT2D eigenvalue weighted by atomic mass is 10.0. The van der Waals surface area contributed by atoms with E-state index in [9.17, 15) is 5.11 Å². The quantitative estimate of drug-likeness (QED) is 0.351.